The molecule has 8 aromatic carbocycles. The van der Waals surface area contributed by atoms with Crippen LogP contribution >= 0.6 is 22.7 Å². The Balaban J connectivity index is 0.000000153. The number of hydrogen-bond donors (Lipinski definition) is 8. The summed E-state index contributed by atoms with van der Waals surface area (Å²) in [5.41, 5.74) is 25.7. The van der Waals surface area contributed by atoms with Gasteiger partial charge in [0.2, 0.25) is 40.9 Å². The minimum atomic E-state index is -5.03. The lowest BCUT2D eigenvalue weighted by Gasteiger charge is -2.14. The van der Waals surface area contributed by atoms with Crippen LogP contribution in [0, 0.1) is 25.5 Å². The summed E-state index contributed by atoms with van der Waals surface area (Å²) in [7, 11) is 7.22. The lowest BCUT2D eigenvalue weighted by Crippen LogP contribution is -2.22. The molecule has 0 radical (unpaired) electrons. The highest BCUT2D eigenvalue weighted by molar-refractivity contribution is 7.09. The van der Waals surface area contributed by atoms with Crippen LogP contribution in [0.4, 0.5) is 35.1 Å². The van der Waals surface area contributed by atoms with Gasteiger partial charge in [-0.3, -0.25) is 24.2 Å². The molecule has 12 aromatic rings. The Hall–Kier alpha value is -15.5. The lowest BCUT2D eigenvalue weighted by atomic mass is 9.98. The topological polar surface area (TPSA) is 340 Å². The van der Waals surface area contributed by atoms with Gasteiger partial charge < -0.3 is 83.7 Å². The van der Waals surface area contributed by atoms with Crippen molar-refractivity contribution >= 4 is 115 Å². The largest absolute Gasteiger partial charge is 0.573 e. The van der Waals surface area contributed by atoms with Crippen molar-refractivity contribution in [1.29, 1.82) is 0 Å². The third-order valence-electron chi connectivity index (χ3n) is 22.3. The van der Waals surface area contributed by atoms with E-state index in [9.17, 15) is 74.7 Å². The summed E-state index contributed by atoms with van der Waals surface area (Å²) in [4.78, 5) is 67.7. The van der Waals surface area contributed by atoms with E-state index in [1.807, 2.05) is 38.3 Å². The maximum Gasteiger partial charge on any atom is 0.573 e. The number of nitrogens with zero attached hydrogens (tertiary/aromatic N) is 4. The van der Waals surface area contributed by atoms with Gasteiger partial charge in [-0.1, -0.05) is 65.7 Å². The number of allylic oxidation sites excluding steroid dienone is 8. The molecule has 0 fully saturated rings. The van der Waals surface area contributed by atoms with E-state index in [1.54, 1.807) is 73.5 Å². The molecule has 8 N–H and O–H groups in total. The van der Waals surface area contributed by atoms with E-state index in [0.717, 1.165) is 107 Å². The molecule has 0 saturated carbocycles. The number of aryl methyl sites for hydroxylation is 2. The number of alkyl halides is 6. The zero-order valence-electron chi connectivity index (χ0n) is 74.9. The van der Waals surface area contributed by atoms with Crippen LogP contribution in [-0.2, 0) is 45.4 Å². The lowest BCUT2D eigenvalue weighted by molar-refractivity contribution is -0.276. The van der Waals surface area contributed by atoms with Crippen LogP contribution in [-0.4, -0.2) is 112 Å². The summed E-state index contributed by atoms with van der Waals surface area (Å²) in [5.74, 6) is -3.24. The number of halogens is 8. The highest BCUT2D eigenvalue weighted by Crippen LogP contribution is 2.51. The molecule has 25 nitrogen and oxygen atoms in total. The van der Waals surface area contributed by atoms with Crippen molar-refractivity contribution in [1.82, 2.24) is 41.2 Å². The first-order chi connectivity index (χ1) is 65.0. The van der Waals surface area contributed by atoms with Gasteiger partial charge in [-0.25, -0.2) is 23.7 Å². The first kappa shape index (κ1) is 98.0. The summed E-state index contributed by atoms with van der Waals surface area (Å²) in [6, 6.07) is 33.8. The van der Waals surface area contributed by atoms with Gasteiger partial charge in [-0.2, -0.15) is 0 Å². The van der Waals surface area contributed by atoms with E-state index in [2.05, 4.69) is 94.0 Å². The van der Waals surface area contributed by atoms with Gasteiger partial charge in [0.05, 0.1) is 116 Å². The Morgan fingerprint density at radius 3 is 1.17 bits per heavy atom. The van der Waals surface area contributed by atoms with E-state index < -0.39 is 47.4 Å². The molecule has 35 heteroatoms. The van der Waals surface area contributed by atoms with Crippen molar-refractivity contribution in [3.8, 4) is 63.2 Å². The molecule has 0 bridgehead atoms. The zero-order chi connectivity index (χ0) is 97.6. The maximum atomic E-state index is 14.1. The predicted octanol–water partition coefficient (Wildman–Crippen LogP) is 21.3. The van der Waals surface area contributed by atoms with Crippen LogP contribution in [0.25, 0.3) is 68.9 Å². The number of benzene rings is 8. The van der Waals surface area contributed by atoms with Crippen LogP contribution in [0.5, 0.6) is 63.2 Å². The average molecular weight is 1900 g/mol. The van der Waals surface area contributed by atoms with Crippen LogP contribution in [0.3, 0.4) is 0 Å². The number of aromatic hydroxyl groups is 4. The molecular weight excluding hydrogens is 1810 g/mol. The normalized spacial score (nSPS) is 14.1. The standard InChI is InChI=1S/2C26H26N2O4S.C25H20F4N2O5.C24H18F4N2O4/c1-15-5-6-19-20(8-17-9-23(31-3)26(30)24(10-17)32-4)16(2)21(22(19)7-15)11-25(29)27-12-18-13-33-14-28-18;1-15-5-6-19-20(8-17-9-23(31-3)26(30)24(10-17)32-4)16(2)21(22(19)7-15)11-25(29)28-13-18-12-27-14-33-18;1-13-18(5-14-6-21(34-2)24(33)22(7-14)36-25(27,28)29)17-4-3-15(26)8-20(17)19(13)9-23(32)31-11-16-10-30-12-35-16;1-13-18(6-14-2-5-21(31)22(7-14)34-24(26,27)28)17-4-3-15(25)8-20(17)19(13)9-23(32)29-10-16-11-33-12-30-16/h5-10,13-14,30H,11-12H2,1-4H3,(H,27,29);5-10,12,14,30H,11,13H2,1-4H3,(H,28,29);3-8,10,12,33H,9,11H2,1-2H3,(H,31,32);2-8,11-12,31H,9-10H2,1H3,(H,29,32)/b2*20-8-;18-5-;18-6-. The number of carbonyl (C=O) groups is 4. The minimum absolute atomic E-state index is 0.0283. The fourth-order valence-electron chi connectivity index (χ4n) is 15.7. The second-order valence-corrected chi connectivity index (χ2v) is 33.0. The number of hydrogen-bond acceptors (Lipinski definition) is 23. The SMILES string of the molecule is CC1=C(CC(=O)NCc2cocn2)c2cc(F)ccc2/C1=C\c1ccc(O)c(OC(F)(F)F)c1.COc1cc(/C=C2/C(C)=C(CC(=O)NCc3cnco3)c3cc(F)ccc32)cc(OC(F)(F)F)c1O.COc1cc(/C=C2/C(C)=C(CC(=O)NCc3cncs3)c3cc(C)ccc32)cc(OC)c1O.COc1cc(/C=C2/C(C)=C(CC(=O)NCc3cscn3)c3cc(C)ccc32)cc(OC)c1O. The van der Waals surface area contributed by atoms with Gasteiger partial charge in [-0.15, -0.1) is 49.0 Å². The maximum absolute atomic E-state index is 14.1. The minimum Gasteiger partial charge on any atom is -0.504 e. The Morgan fingerprint density at radius 1 is 0.404 bits per heavy atom. The molecule has 4 heterocycles. The average Bonchev–Trinajstić information content (AvgIpc) is 1.63. The molecule has 4 aliphatic carbocycles. The van der Waals surface area contributed by atoms with Crippen molar-refractivity contribution in [2.75, 3.05) is 35.5 Å². The quantitative estimate of drug-likeness (QED) is 0.0222. The van der Waals surface area contributed by atoms with Crippen LogP contribution in [0.2, 0.25) is 0 Å². The number of amides is 4. The Bertz CT molecular complexity index is 6550. The molecule has 704 valence electrons. The molecule has 0 spiro atoms. The zero-order valence-corrected chi connectivity index (χ0v) is 76.6. The van der Waals surface area contributed by atoms with Gasteiger partial charge in [-0.05, 0) is 272 Å². The third-order valence-corrected chi connectivity index (χ3v) is 23.7. The predicted molar refractivity (Wildman–Crippen MR) is 499 cm³/mol. The second-order valence-electron chi connectivity index (χ2n) is 31.3. The van der Waals surface area contributed by atoms with Gasteiger partial charge in [0.25, 0.3) is 0 Å². The first-order valence-electron chi connectivity index (χ1n) is 41.7. The summed E-state index contributed by atoms with van der Waals surface area (Å²) in [6.07, 6.45) is 4.80. The number of aromatic nitrogens is 4. The number of ether oxygens (including phenoxy) is 7. The van der Waals surface area contributed by atoms with Crippen molar-refractivity contribution in [3.63, 3.8) is 0 Å². The van der Waals surface area contributed by atoms with E-state index in [1.165, 1.54) is 126 Å². The monoisotopic (exact) mass is 1900 g/mol. The highest BCUT2D eigenvalue weighted by atomic mass is 32.1. The number of carbonyl (C=O) groups excluding carboxylic acids is 4. The van der Waals surface area contributed by atoms with Crippen molar-refractivity contribution < 1.29 is 117 Å². The molecule has 0 saturated heterocycles. The molecule has 136 heavy (non-hydrogen) atoms. The Kier molecular flexibility index (Phi) is 31.0. The molecule has 0 aliphatic heterocycles. The number of methoxy groups -OCH3 is 5. The molecule has 4 aromatic heterocycles. The number of thiazole rings is 2. The van der Waals surface area contributed by atoms with Crippen LogP contribution in [0.1, 0.15) is 153 Å². The summed E-state index contributed by atoms with van der Waals surface area (Å²) < 4.78 is 149. The van der Waals surface area contributed by atoms with Gasteiger partial charge >= 0.3 is 12.7 Å². The number of phenolic OH excluding ortho intramolecular Hbond substituents is 4. The number of rotatable bonds is 27. The van der Waals surface area contributed by atoms with Crippen LogP contribution in [0.15, 0.2) is 206 Å². The molecule has 0 unspecified atom stereocenters. The van der Waals surface area contributed by atoms with E-state index in [-0.39, 0.29) is 78.8 Å². The molecule has 4 aliphatic rings. The first-order valence-corrected chi connectivity index (χ1v) is 43.5. The van der Waals surface area contributed by atoms with E-state index >= 15 is 0 Å². The summed E-state index contributed by atoms with van der Waals surface area (Å²) >= 11 is 3.03. The highest BCUT2D eigenvalue weighted by Gasteiger charge is 2.36. The molecular formula is C101H90F8N8O17S2. The van der Waals surface area contributed by atoms with Crippen molar-refractivity contribution in [2.24, 2.45) is 0 Å². The smallest absolute Gasteiger partial charge is 0.504 e. The number of fused-ring (bicyclic) bond motifs is 4. The van der Waals surface area contributed by atoms with Gasteiger partial charge in [0.15, 0.2) is 58.8 Å². The Labute approximate surface area is 782 Å². The van der Waals surface area contributed by atoms with Gasteiger partial charge in [0.1, 0.15) is 23.7 Å². The van der Waals surface area contributed by atoms with Crippen molar-refractivity contribution in [3.05, 3.63) is 309 Å². The third kappa shape index (κ3) is 23.9. The van der Waals surface area contributed by atoms with E-state index in [4.69, 9.17) is 32.5 Å². The number of oxazole rings is 2. The van der Waals surface area contributed by atoms with Gasteiger partial charge in [0, 0.05) is 16.5 Å². The van der Waals surface area contributed by atoms with Crippen LogP contribution < -0.4 is 54.4 Å². The summed E-state index contributed by atoms with van der Waals surface area (Å²) in [5, 5.41) is 53.6. The molecule has 4 amide bonds. The molecule has 16 rings (SSSR count). The Morgan fingerprint density at radius 2 is 0.787 bits per heavy atom. The fourth-order valence-corrected chi connectivity index (χ4v) is 16.8. The number of nitrogens with one attached hydrogen (secondary N) is 4. The molecule has 0 atom stereocenters. The van der Waals surface area contributed by atoms with E-state index in [0.29, 0.717) is 115 Å². The van der Waals surface area contributed by atoms with Crippen molar-refractivity contribution in [2.45, 2.75) is 106 Å². The summed E-state index contributed by atoms with van der Waals surface area (Å²) in [6.45, 7) is 12.8. The number of phenols is 4. The second kappa shape index (κ2) is 43.0. The fraction of sp³-hybridized carbons (Fsp3) is 0.208.